The summed E-state index contributed by atoms with van der Waals surface area (Å²) in [5.74, 6) is 0.949. The Kier molecular flexibility index (Phi) is 5.46. The average molecular weight is 259 g/mol. The highest BCUT2D eigenvalue weighted by molar-refractivity contribution is 5.30. The van der Waals surface area contributed by atoms with Crippen molar-refractivity contribution in [1.82, 2.24) is 5.32 Å². The zero-order valence-corrected chi connectivity index (χ0v) is 12.1. The van der Waals surface area contributed by atoms with Crippen LogP contribution in [0.2, 0.25) is 0 Å². The number of likely N-dealkylation sites (N-methyl/N-ethyl adjacent to an activating group) is 1. The predicted molar refractivity (Wildman–Crippen MR) is 80.7 cm³/mol. The lowest BCUT2D eigenvalue weighted by Gasteiger charge is -2.24. The van der Waals surface area contributed by atoms with Crippen LogP contribution in [0.25, 0.3) is 0 Å². The van der Waals surface area contributed by atoms with Gasteiger partial charge in [-0.05, 0) is 56.3 Å². The summed E-state index contributed by atoms with van der Waals surface area (Å²) in [4.78, 5) is 0. The van der Waals surface area contributed by atoms with Crippen molar-refractivity contribution >= 4 is 0 Å². The fourth-order valence-corrected chi connectivity index (χ4v) is 2.80. The van der Waals surface area contributed by atoms with Crippen molar-refractivity contribution in [2.45, 2.75) is 45.1 Å². The summed E-state index contributed by atoms with van der Waals surface area (Å²) < 4.78 is 5.31. The smallest absolute Gasteiger partial charge is 0.119 e. The average Bonchev–Trinajstić information content (AvgIpc) is 2.48. The summed E-state index contributed by atoms with van der Waals surface area (Å²) in [6, 6.07) is 8.90. The molecule has 1 aliphatic carbocycles. The number of nitrogens with one attached hydrogen (secondary N) is 1. The van der Waals surface area contributed by atoms with Crippen LogP contribution >= 0.6 is 0 Å². The van der Waals surface area contributed by atoms with E-state index in [1.807, 2.05) is 6.07 Å². The minimum atomic E-state index is 0.484. The summed E-state index contributed by atoms with van der Waals surface area (Å²) in [5.41, 5.74) is 2.94. The maximum absolute atomic E-state index is 5.31. The van der Waals surface area contributed by atoms with Crippen LogP contribution in [0.15, 0.2) is 35.9 Å². The van der Waals surface area contributed by atoms with Gasteiger partial charge in [-0.1, -0.05) is 30.7 Å². The molecule has 0 bridgehead atoms. The molecule has 0 saturated carbocycles. The van der Waals surface area contributed by atoms with E-state index >= 15 is 0 Å². The van der Waals surface area contributed by atoms with Crippen molar-refractivity contribution in [3.63, 3.8) is 0 Å². The highest BCUT2D eigenvalue weighted by atomic mass is 16.5. The van der Waals surface area contributed by atoms with Gasteiger partial charge in [0, 0.05) is 6.04 Å². The lowest BCUT2D eigenvalue weighted by Crippen LogP contribution is -2.33. The van der Waals surface area contributed by atoms with Crippen molar-refractivity contribution in [1.29, 1.82) is 0 Å². The third-order valence-corrected chi connectivity index (χ3v) is 3.80. The van der Waals surface area contributed by atoms with Gasteiger partial charge >= 0.3 is 0 Å². The minimum absolute atomic E-state index is 0.484. The van der Waals surface area contributed by atoms with Gasteiger partial charge in [0.25, 0.3) is 0 Å². The first-order chi connectivity index (χ1) is 9.33. The number of ether oxygens (including phenoxy) is 1. The zero-order valence-electron chi connectivity index (χ0n) is 12.1. The SMILES string of the molecule is CCNC(Cc1cccc(OC)c1)C1=CCCCC1. The van der Waals surface area contributed by atoms with Crippen molar-refractivity contribution in [2.24, 2.45) is 0 Å². The van der Waals surface area contributed by atoms with E-state index in [0.717, 1.165) is 18.7 Å². The molecule has 19 heavy (non-hydrogen) atoms. The highest BCUT2D eigenvalue weighted by Crippen LogP contribution is 2.23. The van der Waals surface area contributed by atoms with Crippen molar-refractivity contribution in [3.05, 3.63) is 41.5 Å². The quantitative estimate of drug-likeness (QED) is 0.786. The van der Waals surface area contributed by atoms with Crippen LogP contribution in [-0.2, 0) is 6.42 Å². The Balaban J connectivity index is 2.08. The second-order valence-corrected chi connectivity index (χ2v) is 5.19. The molecule has 0 heterocycles. The molecule has 0 aliphatic heterocycles. The maximum Gasteiger partial charge on any atom is 0.119 e. The Morgan fingerprint density at radius 1 is 1.32 bits per heavy atom. The molecular formula is C17H25NO. The molecule has 2 heteroatoms. The van der Waals surface area contributed by atoms with Gasteiger partial charge in [0.2, 0.25) is 0 Å². The third-order valence-electron chi connectivity index (χ3n) is 3.80. The Hall–Kier alpha value is -1.28. The first-order valence-corrected chi connectivity index (χ1v) is 7.38. The molecule has 0 saturated heterocycles. The largest absolute Gasteiger partial charge is 0.497 e. The van der Waals surface area contributed by atoms with Crippen LogP contribution in [0.4, 0.5) is 0 Å². The minimum Gasteiger partial charge on any atom is -0.497 e. The van der Waals surface area contributed by atoms with E-state index in [-0.39, 0.29) is 0 Å². The fourth-order valence-electron chi connectivity index (χ4n) is 2.80. The molecule has 1 aromatic carbocycles. The van der Waals surface area contributed by atoms with Gasteiger partial charge in [-0.2, -0.15) is 0 Å². The molecular weight excluding hydrogens is 234 g/mol. The van der Waals surface area contributed by atoms with E-state index in [1.165, 1.54) is 31.2 Å². The van der Waals surface area contributed by atoms with Crippen LogP contribution < -0.4 is 10.1 Å². The van der Waals surface area contributed by atoms with Gasteiger partial charge in [0.15, 0.2) is 0 Å². The van der Waals surface area contributed by atoms with Crippen molar-refractivity contribution < 1.29 is 4.74 Å². The molecule has 1 N–H and O–H groups in total. The molecule has 2 nitrogen and oxygen atoms in total. The van der Waals surface area contributed by atoms with E-state index < -0.39 is 0 Å². The molecule has 1 aliphatic rings. The van der Waals surface area contributed by atoms with Gasteiger partial charge in [-0.3, -0.25) is 0 Å². The summed E-state index contributed by atoms with van der Waals surface area (Å²) in [5, 5.41) is 3.63. The number of allylic oxidation sites excluding steroid dienone is 1. The molecule has 0 radical (unpaired) electrons. The normalized spacial score (nSPS) is 16.8. The molecule has 2 rings (SSSR count). The second-order valence-electron chi connectivity index (χ2n) is 5.19. The van der Waals surface area contributed by atoms with Gasteiger partial charge in [-0.15, -0.1) is 0 Å². The van der Waals surface area contributed by atoms with E-state index in [2.05, 4.69) is 36.5 Å². The van der Waals surface area contributed by atoms with Crippen molar-refractivity contribution in [3.8, 4) is 5.75 Å². The van der Waals surface area contributed by atoms with Gasteiger partial charge < -0.3 is 10.1 Å². The molecule has 0 amide bonds. The monoisotopic (exact) mass is 259 g/mol. The van der Waals surface area contributed by atoms with Crippen LogP contribution in [-0.4, -0.2) is 19.7 Å². The molecule has 0 fully saturated rings. The number of methoxy groups -OCH3 is 1. The maximum atomic E-state index is 5.31. The van der Waals surface area contributed by atoms with Crippen LogP contribution in [0.3, 0.4) is 0 Å². The molecule has 1 atom stereocenters. The second kappa shape index (κ2) is 7.34. The number of hydrogen-bond donors (Lipinski definition) is 1. The van der Waals surface area contributed by atoms with Crippen LogP contribution in [0.1, 0.15) is 38.2 Å². The standard InChI is InChI=1S/C17H25NO/c1-3-18-17(15-9-5-4-6-10-15)13-14-8-7-11-16(12-14)19-2/h7-9,11-12,17-18H,3-6,10,13H2,1-2H3. The molecule has 0 spiro atoms. The van der Waals surface area contributed by atoms with Crippen LogP contribution in [0, 0.1) is 0 Å². The predicted octanol–water partition coefficient (Wildman–Crippen LogP) is 3.72. The Labute approximate surface area is 116 Å². The van der Waals surface area contributed by atoms with Crippen LogP contribution in [0.5, 0.6) is 5.75 Å². The topological polar surface area (TPSA) is 21.3 Å². The number of hydrogen-bond acceptors (Lipinski definition) is 2. The molecule has 1 unspecified atom stereocenters. The van der Waals surface area contributed by atoms with E-state index in [4.69, 9.17) is 4.74 Å². The Morgan fingerprint density at radius 2 is 2.21 bits per heavy atom. The number of rotatable bonds is 6. The lowest BCUT2D eigenvalue weighted by molar-refractivity contribution is 0.414. The Bertz CT molecular complexity index is 425. The van der Waals surface area contributed by atoms with E-state index in [9.17, 15) is 0 Å². The summed E-state index contributed by atoms with van der Waals surface area (Å²) in [7, 11) is 1.73. The Morgan fingerprint density at radius 3 is 2.89 bits per heavy atom. The molecule has 104 valence electrons. The van der Waals surface area contributed by atoms with Gasteiger partial charge in [-0.25, -0.2) is 0 Å². The zero-order chi connectivity index (χ0) is 13.5. The van der Waals surface area contributed by atoms with Gasteiger partial charge in [0.1, 0.15) is 5.75 Å². The lowest BCUT2D eigenvalue weighted by atomic mass is 9.90. The first kappa shape index (κ1) is 14.1. The van der Waals surface area contributed by atoms with Gasteiger partial charge in [0.05, 0.1) is 7.11 Å². The fraction of sp³-hybridized carbons (Fsp3) is 0.529. The first-order valence-electron chi connectivity index (χ1n) is 7.38. The number of benzene rings is 1. The highest BCUT2D eigenvalue weighted by Gasteiger charge is 2.16. The summed E-state index contributed by atoms with van der Waals surface area (Å²) in [6.45, 7) is 3.20. The summed E-state index contributed by atoms with van der Waals surface area (Å²) in [6.07, 6.45) is 8.68. The van der Waals surface area contributed by atoms with Crippen molar-refractivity contribution in [2.75, 3.05) is 13.7 Å². The summed E-state index contributed by atoms with van der Waals surface area (Å²) >= 11 is 0. The molecule has 0 aromatic heterocycles. The van der Waals surface area contributed by atoms with E-state index in [1.54, 1.807) is 12.7 Å². The third kappa shape index (κ3) is 4.10. The molecule has 1 aromatic rings. The van der Waals surface area contributed by atoms with E-state index in [0.29, 0.717) is 6.04 Å².